The zero-order valence-corrected chi connectivity index (χ0v) is 12.8. The van der Waals surface area contributed by atoms with Crippen LogP contribution in [0.5, 0.6) is 0 Å². The number of hydrogen-bond donors (Lipinski definition) is 1. The van der Waals surface area contributed by atoms with Crippen LogP contribution >= 0.6 is 7.60 Å². The van der Waals surface area contributed by atoms with Gasteiger partial charge in [-0.15, -0.1) is 0 Å². The summed E-state index contributed by atoms with van der Waals surface area (Å²) in [4.78, 5) is 0. The first-order valence-electron chi connectivity index (χ1n) is 7.00. The maximum atomic E-state index is 11.7. The second-order valence-corrected chi connectivity index (χ2v) is 7.00. The Labute approximate surface area is 112 Å². The largest absolute Gasteiger partial charge is 0.396 e. The van der Waals surface area contributed by atoms with Crippen molar-refractivity contribution >= 4 is 7.60 Å². The first-order chi connectivity index (χ1) is 8.68. The van der Waals surface area contributed by atoms with Crippen molar-refractivity contribution in [3.05, 3.63) is 0 Å². The summed E-state index contributed by atoms with van der Waals surface area (Å²) in [5.41, 5.74) is 0. The van der Waals surface area contributed by atoms with Crippen molar-refractivity contribution in [3.8, 4) is 0 Å². The van der Waals surface area contributed by atoms with Crippen LogP contribution in [0.1, 0.15) is 57.8 Å². The fourth-order valence-electron chi connectivity index (χ4n) is 1.91. The normalized spacial score (nSPS) is 11.9. The third kappa shape index (κ3) is 10.1. The fourth-order valence-corrected chi connectivity index (χ4v) is 3.04. The van der Waals surface area contributed by atoms with Gasteiger partial charge in [-0.2, -0.15) is 0 Å². The van der Waals surface area contributed by atoms with Gasteiger partial charge in [0.15, 0.2) is 0 Å². The maximum Gasteiger partial charge on any atom is 0.330 e. The van der Waals surface area contributed by atoms with Crippen molar-refractivity contribution in [1.82, 2.24) is 0 Å². The third-order valence-electron chi connectivity index (χ3n) is 3.15. The Morgan fingerprint density at radius 3 is 1.56 bits per heavy atom. The summed E-state index contributed by atoms with van der Waals surface area (Å²) in [5, 5.41) is 8.63. The predicted molar refractivity (Wildman–Crippen MR) is 75.1 cm³/mol. The van der Waals surface area contributed by atoms with E-state index in [9.17, 15) is 4.57 Å². The van der Waals surface area contributed by atoms with E-state index in [1.54, 1.807) is 0 Å². The average molecular weight is 280 g/mol. The highest BCUT2D eigenvalue weighted by Crippen LogP contribution is 2.47. The highest BCUT2D eigenvalue weighted by molar-refractivity contribution is 7.53. The lowest BCUT2D eigenvalue weighted by atomic mass is 10.1. The monoisotopic (exact) mass is 280 g/mol. The molecule has 110 valence electrons. The molecule has 0 rings (SSSR count). The Bertz CT molecular complexity index is 213. The van der Waals surface area contributed by atoms with Crippen LogP contribution in [-0.2, 0) is 13.6 Å². The molecule has 0 aliphatic heterocycles. The molecule has 0 aromatic heterocycles. The highest BCUT2D eigenvalue weighted by atomic mass is 31.2. The van der Waals surface area contributed by atoms with Gasteiger partial charge in [0.25, 0.3) is 0 Å². The van der Waals surface area contributed by atoms with Crippen molar-refractivity contribution in [3.63, 3.8) is 0 Å². The van der Waals surface area contributed by atoms with Crippen LogP contribution in [0.25, 0.3) is 0 Å². The van der Waals surface area contributed by atoms with Gasteiger partial charge >= 0.3 is 7.60 Å². The smallest absolute Gasteiger partial charge is 0.330 e. The minimum Gasteiger partial charge on any atom is -0.396 e. The molecule has 0 unspecified atom stereocenters. The van der Waals surface area contributed by atoms with Gasteiger partial charge in [-0.25, -0.2) is 0 Å². The third-order valence-corrected chi connectivity index (χ3v) is 5.12. The molecule has 0 amide bonds. The minimum atomic E-state index is -2.78. The molecule has 0 heterocycles. The number of hydrogen-bond acceptors (Lipinski definition) is 4. The minimum absolute atomic E-state index is 0.319. The van der Waals surface area contributed by atoms with Gasteiger partial charge < -0.3 is 14.2 Å². The standard InChI is InChI=1S/C13H29O4P/c1-16-18(15,17-2)13-11-9-7-5-3-4-6-8-10-12-14/h14H,3-13H2,1-2H3. The molecule has 0 aliphatic carbocycles. The summed E-state index contributed by atoms with van der Waals surface area (Å²) in [7, 11) is 0.103. The first-order valence-corrected chi connectivity index (χ1v) is 8.72. The summed E-state index contributed by atoms with van der Waals surface area (Å²) in [6, 6.07) is 0. The molecule has 0 saturated heterocycles. The van der Waals surface area contributed by atoms with Crippen molar-refractivity contribution < 1.29 is 18.7 Å². The SMILES string of the molecule is COP(=O)(CCCCCCCCCCCO)OC. The van der Waals surface area contributed by atoms with E-state index >= 15 is 0 Å². The fraction of sp³-hybridized carbons (Fsp3) is 1.00. The van der Waals surface area contributed by atoms with Gasteiger partial charge in [0.1, 0.15) is 0 Å². The Morgan fingerprint density at radius 1 is 0.778 bits per heavy atom. The van der Waals surface area contributed by atoms with E-state index in [1.807, 2.05) is 0 Å². The zero-order valence-electron chi connectivity index (χ0n) is 11.9. The molecule has 0 aromatic rings. The van der Waals surface area contributed by atoms with E-state index in [1.165, 1.54) is 46.3 Å². The van der Waals surface area contributed by atoms with E-state index < -0.39 is 7.60 Å². The van der Waals surface area contributed by atoms with Gasteiger partial charge in [0.05, 0.1) is 6.16 Å². The van der Waals surface area contributed by atoms with Crippen LogP contribution in [0.3, 0.4) is 0 Å². The van der Waals surface area contributed by atoms with Crippen molar-refractivity contribution in [2.45, 2.75) is 57.8 Å². The molecule has 4 nitrogen and oxygen atoms in total. The summed E-state index contributed by atoms with van der Waals surface area (Å²) in [5.74, 6) is 0. The lowest BCUT2D eigenvalue weighted by Gasteiger charge is -2.12. The Kier molecular flexibility index (Phi) is 12.2. The molecule has 0 bridgehead atoms. The van der Waals surface area contributed by atoms with E-state index in [-0.39, 0.29) is 0 Å². The van der Waals surface area contributed by atoms with Crippen LogP contribution in [0.2, 0.25) is 0 Å². The van der Waals surface area contributed by atoms with Gasteiger partial charge in [-0.05, 0) is 12.8 Å². The van der Waals surface area contributed by atoms with Crippen LogP contribution in [0.4, 0.5) is 0 Å². The molecule has 0 spiro atoms. The average Bonchev–Trinajstić information content (AvgIpc) is 2.40. The highest BCUT2D eigenvalue weighted by Gasteiger charge is 2.19. The van der Waals surface area contributed by atoms with Crippen LogP contribution in [0, 0.1) is 0 Å². The number of aliphatic hydroxyl groups excluding tert-OH is 1. The van der Waals surface area contributed by atoms with Crippen molar-refractivity contribution in [2.24, 2.45) is 0 Å². The van der Waals surface area contributed by atoms with Gasteiger partial charge in [0, 0.05) is 20.8 Å². The van der Waals surface area contributed by atoms with Crippen molar-refractivity contribution in [2.75, 3.05) is 27.0 Å². The quantitative estimate of drug-likeness (QED) is 0.409. The Balaban J connectivity index is 3.23. The van der Waals surface area contributed by atoms with Gasteiger partial charge in [-0.3, -0.25) is 4.57 Å². The molecular formula is C13H29O4P. The van der Waals surface area contributed by atoms with Gasteiger partial charge in [0.2, 0.25) is 0 Å². The molecular weight excluding hydrogens is 251 g/mol. The summed E-state index contributed by atoms with van der Waals surface area (Å²) >= 11 is 0. The molecule has 0 radical (unpaired) electrons. The lowest BCUT2D eigenvalue weighted by molar-refractivity contribution is 0.274. The molecule has 0 atom stereocenters. The molecule has 1 N–H and O–H groups in total. The summed E-state index contributed by atoms with van der Waals surface area (Å²) in [6.45, 7) is 0.319. The molecule has 0 aromatic carbocycles. The predicted octanol–water partition coefficient (Wildman–Crippen LogP) is 3.98. The first kappa shape index (κ1) is 18.1. The van der Waals surface area contributed by atoms with Crippen LogP contribution < -0.4 is 0 Å². The number of unbranched alkanes of at least 4 members (excludes halogenated alkanes) is 8. The second-order valence-electron chi connectivity index (χ2n) is 4.61. The Morgan fingerprint density at radius 2 is 1.17 bits per heavy atom. The van der Waals surface area contributed by atoms with E-state index in [0.717, 1.165) is 25.7 Å². The van der Waals surface area contributed by atoms with E-state index in [0.29, 0.717) is 12.8 Å². The maximum absolute atomic E-state index is 11.7. The molecule has 5 heteroatoms. The van der Waals surface area contributed by atoms with Crippen LogP contribution in [-0.4, -0.2) is 32.1 Å². The van der Waals surface area contributed by atoms with Crippen LogP contribution in [0.15, 0.2) is 0 Å². The lowest BCUT2D eigenvalue weighted by Crippen LogP contribution is -1.94. The molecule has 0 saturated carbocycles. The number of aliphatic hydroxyl groups is 1. The molecule has 18 heavy (non-hydrogen) atoms. The second kappa shape index (κ2) is 12.2. The molecule has 0 aliphatic rings. The molecule has 0 fully saturated rings. The Hall–Kier alpha value is 0.110. The van der Waals surface area contributed by atoms with Gasteiger partial charge in [-0.1, -0.05) is 44.9 Å². The summed E-state index contributed by atoms with van der Waals surface area (Å²) < 4.78 is 21.5. The summed E-state index contributed by atoms with van der Waals surface area (Å²) in [6.07, 6.45) is 10.8. The topological polar surface area (TPSA) is 55.8 Å². The van der Waals surface area contributed by atoms with E-state index in [4.69, 9.17) is 14.2 Å². The zero-order chi connectivity index (χ0) is 13.7. The van der Waals surface area contributed by atoms with Crippen molar-refractivity contribution in [1.29, 1.82) is 0 Å². The number of rotatable bonds is 13. The van der Waals surface area contributed by atoms with E-state index in [2.05, 4.69) is 0 Å².